The molecule has 0 fully saturated rings. The first-order valence-electron chi connectivity index (χ1n) is 6.04. The molecule has 2 aromatic heterocycles. The minimum atomic E-state index is -0.975. The van der Waals surface area contributed by atoms with Gasteiger partial charge in [-0.05, 0) is 36.4 Å². The maximum absolute atomic E-state index is 10.9. The SMILES string of the molecule is COc1ccc(-n2ccc3cc(C(=O)O)cnc32)cc1. The summed E-state index contributed by atoms with van der Waals surface area (Å²) in [5.41, 5.74) is 1.85. The van der Waals surface area contributed by atoms with Crippen LogP contribution < -0.4 is 4.74 Å². The van der Waals surface area contributed by atoms with Crippen LogP contribution in [0.1, 0.15) is 10.4 Å². The first-order valence-corrected chi connectivity index (χ1v) is 6.04. The van der Waals surface area contributed by atoms with E-state index in [4.69, 9.17) is 9.84 Å². The van der Waals surface area contributed by atoms with Gasteiger partial charge in [-0.2, -0.15) is 0 Å². The molecule has 0 unspecified atom stereocenters. The number of fused-ring (bicyclic) bond motifs is 1. The summed E-state index contributed by atoms with van der Waals surface area (Å²) in [4.78, 5) is 15.2. The number of carbonyl (C=O) groups is 1. The smallest absolute Gasteiger partial charge is 0.337 e. The number of nitrogens with zero attached hydrogens (tertiary/aromatic N) is 2. The number of methoxy groups -OCH3 is 1. The zero-order valence-electron chi connectivity index (χ0n) is 10.8. The molecule has 0 spiro atoms. The number of aromatic nitrogens is 2. The first kappa shape index (κ1) is 12.2. The van der Waals surface area contributed by atoms with Crippen LogP contribution in [0.3, 0.4) is 0 Å². The van der Waals surface area contributed by atoms with E-state index in [2.05, 4.69) is 4.98 Å². The number of pyridine rings is 1. The lowest BCUT2D eigenvalue weighted by atomic mass is 10.2. The summed E-state index contributed by atoms with van der Waals surface area (Å²) < 4.78 is 7.03. The van der Waals surface area contributed by atoms with Gasteiger partial charge in [0.05, 0.1) is 12.7 Å². The van der Waals surface area contributed by atoms with Gasteiger partial charge in [0.1, 0.15) is 11.4 Å². The van der Waals surface area contributed by atoms with Crippen molar-refractivity contribution in [1.82, 2.24) is 9.55 Å². The van der Waals surface area contributed by atoms with Gasteiger partial charge in [0.15, 0.2) is 0 Å². The van der Waals surface area contributed by atoms with Gasteiger partial charge in [-0.1, -0.05) is 0 Å². The normalized spacial score (nSPS) is 10.7. The van der Waals surface area contributed by atoms with E-state index in [1.54, 1.807) is 13.2 Å². The molecular formula is C15H12N2O3. The van der Waals surface area contributed by atoms with Gasteiger partial charge in [-0.15, -0.1) is 0 Å². The van der Waals surface area contributed by atoms with Gasteiger partial charge in [0, 0.05) is 23.5 Å². The molecule has 0 bridgehead atoms. The molecule has 1 N–H and O–H groups in total. The van der Waals surface area contributed by atoms with Crippen molar-refractivity contribution >= 4 is 17.0 Å². The molecule has 1 aromatic carbocycles. The van der Waals surface area contributed by atoms with E-state index in [-0.39, 0.29) is 5.56 Å². The van der Waals surface area contributed by atoms with E-state index >= 15 is 0 Å². The van der Waals surface area contributed by atoms with Crippen LogP contribution in [0.4, 0.5) is 0 Å². The van der Waals surface area contributed by atoms with Gasteiger partial charge in [-0.25, -0.2) is 9.78 Å². The Kier molecular flexibility index (Phi) is 2.87. The van der Waals surface area contributed by atoms with E-state index in [0.29, 0.717) is 0 Å². The molecule has 0 aliphatic heterocycles. The molecule has 0 aliphatic rings. The quantitative estimate of drug-likeness (QED) is 0.793. The third-order valence-corrected chi connectivity index (χ3v) is 3.12. The van der Waals surface area contributed by atoms with E-state index in [0.717, 1.165) is 22.5 Å². The van der Waals surface area contributed by atoms with Crippen molar-refractivity contribution in [3.8, 4) is 11.4 Å². The van der Waals surface area contributed by atoms with E-state index in [9.17, 15) is 4.79 Å². The third-order valence-electron chi connectivity index (χ3n) is 3.12. The number of carboxylic acids is 1. The number of hydrogen-bond acceptors (Lipinski definition) is 3. The van der Waals surface area contributed by atoms with Crippen LogP contribution in [0.5, 0.6) is 5.75 Å². The average molecular weight is 268 g/mol. The van der Waals surface area contributed by atoms with Crippen molar-refractivity contribution in [2.45, 2.75) is 0 Å². The van der Waals surface area contributed by atoms with Crippen molar-refractivity contribution in [3.05, 3.63) is 54.4 Å². The van der Waals surface area contributed by atoms with Gasteiger partial charge in [0.2, 0.25) is 0 Å². The Labute approximate surface area is 115 Å². The molecule has 0 saturated heterocycles. The zero-order chi connectivity index (χ0) is 14.1. The summed E-state index contributed by atoms with van der Waals surface area (Å²) >= 11 is 0. The summed E-state index contributed by atoms with van der Waals surface area (Å²) in [6, 6.07) is 11.0. The van der Waals surface area contributed by atoms with Gasteiger partial charge in [0.25, 0.3) is 0 Å². The van der Waals surface area contributed by atoms with Crippen molar-refractivity contribution in [1.29, 1.82) is 0 Å². The maximum Gasteiger partial charge on any atom is 0.337 e. The van der Waals surface area contributed by atoms with Crippen molar-refractivity contribution in [2.24, 2.45) is 0 Å². The van der Waals surface area contributed by atoms with Crippen LogP contribution >= 0.6 is 0 Å². The minimum absolute atomic E-state index is 0.185. The number of carboxylic acid groups (broad SMARTS) is 1. The van der Waals surface area contributed by atoms with E-state index in [1.807, 2.05) is 41.1 Å². The highest BCUT2D eigenvalue weighted by Crippen LogP contribution is 2.21. The molecule has 0 aliphatic carbocycles. The number of ether oxygens (including phenoxy) is 1. The fraction of sp³-hybridized carbons (Fsp3) is 0.0667. The largest absolute Gasteiger partial charge is 0.497 e. The van der Waals surface area contributed by atoms with Crippen LogP contribution in [0.2, 0.25) is 0 Å². The highest BCUT2D eigenvalue weighted by molar-refractivity contribution is 5.92. The topological polar surface area (TPSA) is 64.3 Å². The number of benzene rings is 1. The second kappa shape index (κ2) is 4.70. The molecule has 3 aromatic rings. The predicted molar refractivity (Wildman–Crippen MR) is 74.6 cm³/mol. The minimum Gasteiger partial charge on any atom is -0.497 e. The van der Waals surface area contributed by atoms with Crippen molar-refractivity contribution in [2.75, 3.05) is 7.11 Å². The average Bonchev–Trinajstić information content (AvgIpc) is 2.90. The first-order chi connectivity index (χ1) is 9.69. The van der Waals surface area contributed by atoms with Gasteiger partial charge < -0.3 is 14.4 Å². The summed E-state index contributed by atoms with van der Waals surface area (Å²) in [6.07, 6.45) is 3.23. The van der Waals surface area contributed by atoms with Gasteiger partial charge in [-0.3, -0.25) is 0 Å². The highest BCUT2D eigenvalue weighted by Gasteiger charge is 2.09. The van der Waals surface area contributed by atoms with Crippen LogP contribution in [0.15, 0.2) is 48.8 Å². The van der Waals surface area contributed by atoms with Crippen LogP contribution in [0, 0.1) is 0 Å². The lowest BCUT2D eigenvalue weighted by Crippen LogP contribution is -1.98. The molecule has 0 atom stereocenters. The molecule has 20 heavy (non-hydrogen) atoms. The van der Waals surface area contributed by atoms with E-state index < -0.39 is 5.97 Å². The zero-order valence-corrected chi connectivity index (χ0v) is 10.8. The summed E-state index contributed by atoms with van der Waals surface area (Å²) in [5, 5.41) is 9.76. The molecule has 3 rings (SSSR count). The fourth-order valence-electron chi connectivity index (χ4n) is 2.09. The maximum atomic E-state index is 10.9. The van der Waals surface area contributed by atoms with Crippen molar-refractivity contribution in [3.63, 3.8) is 0 Å². The Hall–Kier alpha value is -2.82. The number of hydrogen-bond donors (Lipinski definition) is 1. The standard InChI is InChI=1S/C15H12N2O3/c1-20-13-4-2-12(3-5-13)17-7-6-10-8-11(15(18)19)9-16-14(10)17/h2-9H,1H3,(H,18,19). The monoisotopic (exact) mass is 268 g/mol. The second-order valence-electron chi connectivity index (χ2n) is 4.33. The van der Waals surface area contributed by atoms with Gasteiger partial charge >= 0.3 is 5.97 Å². The molecule has 0 radical (unpaired) electrons. The Morgan fingerprint density at radius 3 is 2.65 bits per heavy atom. The molecule has 2 heterocycles. The van der Waals surface area contributed by atoms with E-state index in [1.165, 1.54) is 6.20 Å². The summed E-state index contributed by atoms with van der Waals surface area (Å²) in [5.74, 6) is -0.192. The molecule has 5 nitrogen and oxygen atoms in total. The summed E-state index contributed by atoms with van der Waals surface area (Å²) in [6.45, 7) is 0. The third kappa shape index (κ3) is 1.99. The Bertz CT molecular complexity index is 775. The molecule has 5 heteroatoms. The lowest BCUT2D eigenvalue weighted by molar-refractivity contribution is 0.0696. The molecular weight excluding hydrogens is 256 g/mol. The van der Waals surface area contributed by atoms with Crippen LogP contribution in [0.25, 0.3) is 16.7 Å². The highest BCUT2D eigenvalue weighted by atomic mass is 16.5. The molecule has 100 valence electrons. The Balaban J connectivity index is 2.09. The van der Waals surface area contributed by atoms with Crippen LogP contribution in [-0.4, -0.2) is 27.7 Å². The number of rotatable bonds is 3. The fourth-order valence-corrected chi connectivity index (χ4v) is 2.09. The van der Waals surface area contributed by atoms with Crippen molar-refractivity contribution < 1.29 is 14.6 Å². The Morgan fingerprint density at radius 2 is 2.00 bits per heavy atom. The Morgan fingerprint density at radius 1 is 1.25 bits per heavy atom. The van der Waals surface area contributed by atoms with Crippen LogP contribution in [-0.2, 0) is 0 Å². The second-order valence-corrected chi connectivity index (χ2v) is 4.33. The summed E-state index contributed by atoms with van der Waals surface area (Å²) in [7, 11) is 1.62. The molecule has 0 amide bonds. The predicted octanol–water partition coefficient (Wildman–Crippen LogP) is 2.73. The number of aromatic carboxylic acids is 1. The lowest BCUT2D eigenvalue weighted by Gasteiger charge is -2.06. The molecule has 0 saturated carbocycles.